The number of aryl methyl sites for hydroxylation is 1. The summed E-state index contributed by atoms with van der Waals surface area (Å²) in [6.45, 7) is 3.04. The predicted octanol–water partition coefficient (Wildman–Crippen LogP) is 2.24. The zero-order valence-electron chi connectivity index (χ0n) is 20.2. The molecule has 2 aromatic heterocycles. The van der Waals surface area contributed by atoms with Crippen molar-refractivity contribution in [2.45, 2.75) is 48.9 Å². The number of nitrogens with zero attached hydrogens (tertiary/aromatic N) is 5. The predicted molar refractivity (Wildman–Crippen MR) is 147 cm³/mol. The first-order valence-corrected chi connectivity index (χ1v) is 14.7. The van der Waals surface area contributed by atoms with E-state index in [0.29, 0.717) is 59.2 Å². The van der Waals surface area contributed by atoms with Crippen molar-refractivity contribution in [1.82, 2.24) is 24.4 Å². The zero-order chi connectivity index (χ0) is 27.0. The Bertz CT molecular complexity index is 1480. The van der Waals surface area contributed by atoms with Gasteiger partial charge >= 0.3 is 40.0 Å². The van der Waals surface area contributed by atoms with E-state index in [0.717, 1.165) is 28.6 Å². The molecule has 13 nitrogen and oxygen atoms in total. The second kappa shape index (κ2) is 12.5. The standard InChI is InChI=1S/C22H25BrN6O7S2.Na.H/c1-12(36-38(31,32)33)21(30)28-5-2-13(3-6-28)4-7-29-20-18(19(24)25-10-26-20)27-22(29)37-17-9-16-15(8-14(17)23)34-11-35-16;;/h8-10,12-13H,2-7,11H2,1H3,(H2,24,25,26)(H,31,32,33);;/t12-;;/m0../s1. The maximum atomic E-state index is 12.5. The number of nitrogen functional groups attached to an aromatic ring is 1. The van der Waals surface area contributed by atoms with Crippen molar-refractivity contribution in [3.05, 3.63) is 22.9 Å². The van der Waals surface area contributed by atoms with Gasteiger partial charge in [-0.25, -0.2) is 19.1 Å². The molecule has 3 N–H and O–H groups in total. The SMILES string of the molecule is C[C@H](OS(=O)(=O)O)C(=O)N1CCC(CCn2c(Sc3cc4c(cc3Br)OCO4)nc3c(N)ncnc32)CC1.[NaH]. The van der Waals surface area contributed by atoms with Crippen molar-refractivity contribution in [1.29, 1.82) is 0 Å². The van der Waals surface area contributed by atoms with Gasteiger partial charge in [-0.3, -0.25) is 9.35 Å². The molecule has 1 aromatic carbocycles. The minimum absolute atomic E-state index is 0. The quantitative estimate of drug-likeness (QED) is 0.269. The van der Waals surface area contributed by atoms with Gasteiger partial charge in [0, 0.05) is 29.0 Å². The number of nitrogens with two attached hydrogens (primary N) is 1. The number of likely N-dealkylation sites (tertiary alicyclic amines) is 1. The van der Waals surface area contributed by atoms with Crippen molar-refractivity contribution in [3.8, 4) is 11.5 Å². The van der Waals surface area contributed by atoms with Crippen LogP contribution in [0.1, 0.15) is 26.2 Å². The van der Waals surface area contributed by atoms with Gasteiger partial charge in [0.25, 0.3) is 5.91 Å². The first-order chi connectivity index (χ1) is 18.1. The molecule has 39 heavy (non-hydrogen) atoms. The van der Waals surface area contributed by atoms with Gasteiger partial charge < -0.3 is 24.7 Å². The zero-order valence-corrected chi connectivity index (χ0v) is 23.5. The third-order valence-corrected chi connectivity index (χ3v) is 8.96. The summed E-state index contributed by atoms with van der Waals surface area (Å²) in [4.78, 5) is 28.2. The van der Waals surface area contributed by atoms with Crippen LogP contribution in [0, 0.1) is 5.92 Å². The van der Waals surface area contributed by atoms with Crippen LogP contribution in [0.15, 0.2) is 33.0 Å². The van der Waals surface area contributed by atoms with Crippen LogP contribution in [0.25, 0.3) is 11.2 Å². The number of aromatic nitrogens is 4. The van der Waals surface area contributed by atoms with Crippen LogP contribution < -0.4 is 15.2 Å². The fourth-order valence-corrected chi connectivity index (χ4v) is 6.48. The van der Waals surface area contributed by atoms with E-state index in [4.69, 9.17) is 24.7 Å². The van der Waals surface area contributed by atoms with Gasteiger partial charge in [0.1, 0.15) is 6.33 Å². The van der Waals surface area contributed by atoms with E-state index < -0.39 is 22.4 Å². The molecule has 1 saturated heterocycles. The number of piperidine rings is 1. The minimum atomic E-state index is -4.70. The Labute approximate surface area is 259 Å². The van der Waals surface area contributed by atoms with Crippen molar-refractivity contribution in [2.75, 3.05) is 25.6 Å². The number of fused-ring (bicyclic) bond motifs is 2. The summed E-state index contributed by atoms with van der Waals surface area (Å²) in [6.07, 6.45) is 2.43. The Hall–Kier alpha value is -1.66. The van der Waals surface area contributed by atoms with Gasteiger partial charge in [-0.15, -0.1) is 0 Å². The molecule has 0 radical (unpaired) electrons. The van der Waals surface area contributed by atoms with Crippen LogP contribution in [0.3, 0.4) is 0 Å². The van der Waals surface area contributed by atoms with Crippen LogP contribution in [-0.2, 0) is 25.9 Å². The summed E-state index contributed by atoms with van der Waals surface area (Å²) in [5, 5.41) is 0.704. The summed E-state index contributed by atoms with van der Waals surface area (Å²) in [7, 11) is -4.70. The summed E-state index contributed by atoms with van der Waals surface area (Å²) >= 11 is 5.05. The second-order valence-electron chi connectivity index (χ2n) is 8.94. The molecule has 4 heterocycles. The Morgan fingerprint density at radius 2 is 1.97 bits per heavy atom. The molecule has 206 valence electrons. The second-order valence-corrected chi connectivity index (χ2v) is 11.8. The molecule has 0 saturated carbocycles. The van der Waals surface area contributed by atoms with Gasteiger partial charge in [-0.2, -0.15) is 8.42 Å². The van der Waals surface area contributed by atoms with E-state index in [2.05, 4.69) is 30.1 Å². The number of imidazole rings is 1. The molecule has 1 amide bonds. The summed E-state index contributed by atoms with van der Waals surface area (Å²) in [5.74, 6) is 1.49. The van der Waals surface area contributed by atoms with Crippen LogP contribution in [0.4, 0.5) is 5.82 Å². The number of carbonyl (C=O) groups excluding carboxylic acids is 1. The van der Waals surface area contributed by atoms with Crippen molar-refractivity contribution >= 4 is 90.5 Å². The van der Waals surface area contributed by atoms with Gasteiger partial charge in [0.15, 0.2) is 39.7 Å². The average molecular weight is 654 g/mol. The van der Waals surface area contributed by atoms with E-state index in [9.17, 15) is 13.2 Å². The molecule has 3 aromatic rings. The van der Waals surface area contributed by atoms with E-state index in [1.165, 1.54) is 25.0 Å². The van der Waals surface area contributed by atoms with Gasteiger partial charge in [-0.1, -0.05) is 11.8 Å². The molecule has 1 atom stereocenters. The van der Waals surface area contributed by atoms with Crippen molar-refractivity contribution < 1.29 is 31.4 Å². The Morgan fingerprint density at radius 3 is 2.67 bits per heavy atom. The summed E-state index contributed by atoms with van der Waals surface area (Å²) in [6, 6.07) is 3.76. The van der Waals surface area contributed by atoms with Crippen LogP contribution in [0.2, 0.25) is 0 Å². The third-order valence-electron chi connectivity index (χ3n) is 6.45. The van der Waals surface area contributed by atoms with Gasteiger partial charge in [0.2, 0.25) is 6.79 Å². The fraction of sp³-hybridized carbons (Fsp3) is 0.455. The average Bonchev–Trinajstić information content (AvgIpc) is 3.46. The number of carbonyl (C=O) groups is 1. The number of hydrogen-bond acceptors (Lipinski definition) is 11. The molecule has 0 bridgehead atoms. The first-order valence-electron chi connectivity index (χ1n) is 11.8. The molecule has 5 rings (SSSR count). The number of ether oxygens (including phenoxy) is 2. The molecule has 2 aliphatic heterocycles. The first kappa shape index (κ1) is 30.3. The molecule has 2 aliphatic rings. The number of hydrogen-bond donors (Lipinski definition) is 2. The topological polar surface area (TPSA) is 172 Å². The molecular formula is C22H26BrN6NaO7S2. The van der Waals surface area contributed by atoms with Gasteiger partial charge in [-0.05, 0) is 60.2 Å². The van der Waals surface area contributed by atoms with E-state index in [1.807, 2.05) is 16.7 Å². The number of halogens is 1. The van der Waals surface area contributed by atoms with Crippen LogP contribution in [0.5, 0.6) is 11.5 Å². The van der Waals surface area contributed by atoms with E-state index in [-0.39, 0.29) is 36.4 Å². The summed E-state index contributed by atoms with van der Waals surface area (Å²) < 4.78 is 48.9. The normalized spacial score (nSPS) is 16.3. The molecule has 0 spiro atoms. The summed E-state index contributed by atoms with van der Waals surface area (Å²) in [5.41, 5.74) is 7.27. The van der Waals surface area contributed by atoms with Crippen molar-refractivity contribution in [3.63, 3.8) is 0 Å². The van der Waals surface area contributed by atoms with Crippen LogP contribution in [-0.4, -0.2) is 98.8 Å². The van der Waals surface area contributed by atoms with Gasteiger partial charge in [0.05, 0.1) is 0 Å². The maximum absolute atomic E-state index is 12.5. The fourth-order valence-electron chi connectivity index (χ4n) is 4.52. The van der Waals surface area contributed by atoms with E-state index in [1.54, 1.807) is 4.90 Å². The number of amides is 1. The molecular weight excluding hydrogens is 627 g/mol. The van der Waals surface area contributed by atoms with E-state index >= 15 is 0 Å². The molecule has 0 unspecified atom stereocenters. The molecule has 1 fully saturated rings. The Kier molecular flexibility index (Phi) is 9.69. The monoisotopic (exact) mass is 652 g/mol. The third kappa shape index (κ3) is 6.98. The molecule has 0 aliphatic carbocycles. The molecule has 17 heteroatoms. The number of anilines is 1. The van der Waals surface area contributed by atoms with Crippen molar-refractivity contribution in [2.24, 2.45) is 5.92 Å². The Balaban J connectivity index is 0.00000353. The number of rotatable bonds is 8. The number of benzene rings is 1. The Morgan fingerprint density at radius 1 is 1.28 bits per heavy atom. The van der Waals surface area contributed by atoms with Crippen LogP contribution >= 0.6 is 27.7 Å².